The van der Waals surface area contributed by atoms with Gasteiger partial charge < -0.3 is 15.2 Å². The molecule has 136 valence electrons. The van der Waals surface area contributed by atoms with Gasteiger partial charge in [0.15, 0.2) is 0 Å². The molecule has 26 heavy (non-hydrogen) atoms. The number of amides is 1. The Morgan fingerprint density at radius 3 is 2.65 bits per heavy atom. The van der Waals surface area contributed by atoms with Gasteiger partial charge in [0.25, 0.3) is 5.91 Å². The first-order valence-electron chi connectivity index (χ1n) is 8.60. The molecule has 1 aliphatic carbocycles. The van der Waals surface area contributed by atoms with Crippen molar-refractivity contribution in [2.24, 2.45) is 5.92 Å². The number of rotatable bonds is 6. The van der Waals surface area contributed by atoms with Crippen LogP contribution in [0.1, 0.15) is 46.4 Å². The highest BCUT2D eigenvalue weighted by Crippen LogP contribution is 2.26. The van der Waals surface area contributed by atoms with Crippen molar-refractivity contribution in [1.82, 2.24) is 0 Å². The molecule has 0 bridgehead atoms. The molecule has 0 saturated heterocycles. The summed E-state index contributed by atoms with van der Waals surface area (Å²) >= 11 is 3.24. The summed E-state index contributed by atoms with van der Waals surface area (Å²) in [6.07, 6.45) is 4.91. The van der Waals surface area contributed by atoms with E-state index in [4.69, 9.17) is 4.74 Å². The number of halogens is 1. The van der Waals surface area contributed by atoms with Crippen LogP contribution in [0.25, 0.3) is 0 Å². The van der Waals surface area contributed by atoms with Crippen LogP contribution in [0.4, 0.5) is 5.69 Å². The van der Waals surface area contributed by atoms with Gasteiger partial charge in [-0.15, -0.1) is 0 Å². The Morgan fingerprint density at radius 2 is 1.92 bits per heavy atom. The van der Waals surface area contributed by atoms with E-state index < -0.39 is 5.97 Å². The Kier molecular flexibility index (Phi) is 5.93. The van der Waals surface area contributed by atoms with Crippen molar-refractivity contribution < 1.29 is 19.4 Å². The quantitative estimate of drug-likeness (QED) is 0.695. The Hall–Kier alpha value is -2.34. The largest absolute Gasteiger partial charge is 0.493 e. The van der Waals surface area contributed by atoms with E-state index in [1.807, 2.05) is 6.07 Å². The maximum absolute atomic E-state index is 12.5. The molecule has 0 radical (unpaired) electrons. The molecule has 1 saturated carbocycles. The number of hydrogen-bond donors (Lipinski definition) is 2. The van der Waals surface area contributed by atoms with E-state index in [9.17, 15) is 14.7 Å². The zero-order chi connectivity index (χ0) is 18.5. The molecule has 6 heteroatoms. The smallest absolute Gasteiger partial charge is 0.337 e. The maximum Gasteiger partial charge on any atom is 0.337 e. The summed E-state index contributed by atoms with van der Waals surface area (Å²) in [5, 5.41) is 12.0. The number of carbonyl (C=O) groups is 2. The van der Waals surface area contributed by atoms with E-state index in [1.165, 1.54) is 31.7 Å². The van der Waals surface area contributed by atoms with E-state index in [2.05, 4.69) is 21.2 Å². The fourth-order valence-corrected chi connectivity index (χ4v) is 3.48. The fourth-order valence-electron chi connectivity index (χ4n) is 3.12. The van der Waals surface area contributed by atoms with Crippen molar-refractivity contribution in [3.63, 3.8) is 0 Å². The monoisotopic (exact) mass is 417 g/mol. The normalized spacial score (nSPS) is 14.2. The summed E-state index contributed by atoms with van der Waals surface area (Å²) in [6, 6.07) is 11.7. The van der Waals surface area contributed by atoms with Crippen molar-refractivity contribution in [3.8, 4) is 5.75 Å². The average molecular weight is 418 g/mol. The number of carboxylic acids is 1. The zero-order valence-corrected chi connectivity index (χ0v) is 15.8. The van der Waals surface area contributed by atoms with Crippen LogP contribution in [-0.2, 0) is 0 Å². The minimum atomic E-state index is -1.10. The van der Waals surface area contributed by atoms with Crippen LogP contribution in [-0.4, -0.2) is 23.6 Å². The van der Waals surface area contributed by atoms with Crippen molar-refractivity contribution >= 4 is 33.5 Å². The summed E-state index contributed by atoms with van der Waals surface area (Å²) in [5.41, 5.74) is 0.706. The molecule has 1 fully saturated rings. The van der Waals surface area contributed by atoms with Crippen LogP contribution in [0.5, 0.6) is 5.75 Å². The second-order valence-electron chi connectivity index (χ2n) is 6.44. The summed E-state index contributed by atoms with van der Waals surface area (Å²) < 4.78 is 6.46. The predicted octanol–water partition coefficient (Wildman–Crippen LogP) is 4.97. The Bertz CT molecular complexity index is 815. The molecule has 2 N–H and O–H groups in total. The molecule has 0 aliphatic heterocycles. The topological polar surface area (TPSA) is 75.6 Å². The second-order valence-corrected chi connectivity index (χ2v) is 7.35. The third-order valence-electron chi connectivity index (χ3n) is 4.52. The Morgan fingerprint density at radius 1 is 1.15 bits per heavy atom. The van der Waals surface area contributed by atoms with Crippen LogP contribution < -0.4 is 10.1 Å². The molecule has 0 spiro atoms. The molecule has 1 amide bonds. The maximum atomic E-state index is 12.5. The molecular formula is C20H20BrNO4. The number of hydrogen-bond acceptors (Lipinski definition) is 3. The first-order valence-corrected chi connectivity index (χ1v) is 9.39. The van der Waals surface area contributed by atoms with Gasteiger partial charge >= 0.3 is 5.97 Å². The summed E-state index contributed by atoms with van der Waals surface area (Å²) in [4.78, 5) is 23.9. The van der Waals surface area contributed by atoms with Crippen molar-refractivity contribution in [2.75, 3.05) is 11.9 Å². The molecule has 2 aromatic rings. The summed E-state index contributed by atoms with van der Waals surface area (Å²) in [6.45, 7) is 0.668. The van der Waals surface area contributed by atoms with Crippen LogP contribution in [0, 0.1) is 5.92 Å². The van der Waals surface area contributed by atoms with E-state index in [-0.39, 0.29) is 17.2 Å². The average Bonchev–Trinajstić information content (AvgIpc) is 3.15. The molecule has 0 atom stereocenters. The van der Waals surface area contributed by atoms with E-state index in [0.717, 1.165) is 0 Å². The summed E-state index contributed by atoms with van der Waals surface area (Å²) in [7, 11) is 0. The molecule has 5 nitrogen and oxygen atoms in total. The second kappa shape index (κ2) is 8.36. The SMILES string of the molecule is O=C(Nc1ccc(Br)cc1C(=O)O)c1cccc(OCC2CCCC2)c1. The number of benzene rings is 2. The lowest BCUT2D eigenvalue weighted by atomic mass is 10.1. The van der Waals surface area contributed by atoms with Crippen LogP contribution in [0.2, 0.25) is 0 Å². The lowest BCUT2D eigenvalue weighted by Gasteiger charge is -2.13. The van der Waals surface area contributed by atoms with Crippen LogP contribution in [0.3, 0.4) is 0 Å². The van der Waals surface area contributed by atoms with Crippen molar-refractivity contribution in [2.45, 2.75) is 25.7 Å². The molecule has 3 rings (SSSR count). The number of ether oxygens (including phenoxy) is 1. The lowest BCUT2D eigenvalue weighted by Crippen LogP contribution is -2.15. The summed E-state index contributed by atoms with van der Waals surface area (Å²) in [5.74, 6) is -0.233. The first-order chi connectivity index (χ1) is 12.5. The van der Waals surface area contributed by atoms with Crippen molar-refractivity contribution in [1.29, 1.82) is 0 Å². The number of nitrogens with one attached hydrogen (secondary N) is 1. The molecule has 0 unspecified atom stereocenters. The molecule has 0 aromatic heterocycles. The third-order valence-corrected chi connectivity index (χ3v) is 5.01. The third kappa shape index (κ3) is 4.64. The minimum absolute atomic E-state index is 0.0290. The number of carbonyl (C=O) groups excluding carboxylic acids is 1. The Balaban J connectivity index is 1.70. The number of anilines is 1. The fraction of sp³-hybridized carbons (Fsp3) is 0.300. The number of aromatic carboxylic acids is 1. The van der Waals surface area contributed by atoms with E-state index in [1.54, 1.807) is 30.3 Å². The molecular weight excluding hydrogens is 398 g/mol. The van der Waals surface area contributed by atoms with Gasteiger partial charge in [0.1, 0.15) is 5.75 Å². The molecule has 2 aromatic carbocycles. The molecule has 0 heterocycles. The highest BCUT2D eigenvalue weighted by atomic mass is 79.9. The zero-order valence-electron chi connectivity index (χ0n) is 14.2. The van der Waals surface area contributed by atoms with Gasteiger partial charge in [-0.3, -0.25) is 4.79 Å². The van der Waals surface area contributed by atoms with E-state index >= 15 is 0 Å². The highest BCUT2D eigenvalue weighted by Gasteiger charge is 2.17. The van der Waals surface area contributed by atoms with Gasteiger partial charge in [-0.2, -0.15) is 0 Å². The van der Waals surface area contributed by atoms with Crippen LogP contribution >= 0.6 is 15.9 Å². The van der Waals surface area contributed by atoms with Gasteiger partial charge in [0, 0.05) is 10.0 Å². The predicted molar refractivity (Wildman–Crippen MR) is 103 cm³/mol. The standard InChI is InChI=1S/C20H20BrNO4/c21-15-8-9-18(17(11-15)20(24)25)22-19(23)14-6-3-7-16(10-14)26-12-13-4-1-2-5-13/h3,6-11,13H,1-2,4-5,12H2,(H,22,23)(H,24,25). The lowest BCUT2D eigenvalue weighted by molar-refractivity contribution is 0.0698. The van der Waals surface area contributed by atoms with Crippen molar-refractivity contribution in [3.05, 3.63) is 58.1 Å². The molecule has 1 aliphatic rings. The van der Waals surface area contributed by atoms with Gasteiger partial charge in [-0.05, 0) is 55.2 Å². The van der Waals surface area contributed by atoms with Gasteiger partial charge in [-0.25, -0.2) is 4.79 Å². The Labute approximate surface area is 160 Å². The highest BCUT2D eigenvalue weighted by molar-refractivity contribution is 9.10. The van der Waals surface area contributed by atoms with Crippen LogP contribution in [0.15, 0.2) is 46.9 Å². The number of carboxylic acid groups (broad SMARTS) is 1. The first kappa shape index (κ1) is 18.5. The van der Waals surface area contributed by atoms with Gasteiger partial charge in [0.05, 0.1) is 17.9 Å². The van der Waals surface area contributed by atoms with E-state index in [0.29, 0.717) is 28.3 Å². The minimum Gasteiger partial charge on any atom is -0.493 e. The van der Waals surface area contributed by atoms with Gasteiger partial charge in [0.2, 0.25) is 0 Å². The van der Waals surface area contributed by atoms with Gasteiger partial charge in [-0.1, -0.05) is 34.8 Å².